The van der Waals surface area contributed by atoms with E-state index in [1.807, 2.05) is 43.9 Å². The SMILES string of the molecule is CCCCOc1c(C(N)=O)c(O)c2c(c1N(C)C)CC1Cc3c(N(C)CCCCCOc4ccc(N(C)C)c5c4C(O)=C4C(=O)C6(O)C(=O)C(C(N)=O)=C(O)C(N(C)C)=C6CC4C5)ccc(O)c3C(=O)C1=C2O. The summed E-state index contributed by atoms with van der Waals surface area (Å²) in [5.41, 5.74) is 10.8. The number of hydrogen-bond acceptors (Lipinski definition) is 17. The van der Waals surface area contributed by atoms with Gasteiger partial charge in [-0.2, -0.15) is 0 Å². The van der Waals surface area contributed by atoms with E-state index in [2.05, 4.69) is 0 Å². The number of ketones is 3. The van der Waals surface area contributed by atoms with E-state index in [-0.39, 0.29) is 101 Å². The molecule has 0 spiro atoms. The number of carbonyl (C=O) groups excluding carboxylic acids is 5. The molecule has 388 valence electrons. The first-order valence-electron chi connectivity index (χ1n) is 24.4. The summed E-state index contributed by atoms with van der Waals surface area (Å²) in [6.45, 7) is 3.00. The van der Waals surface area contributed by atoms with E-state index in [1.165, 1.54) is 25.1 Å². The van der Waals surface area contributed by atoms with Gasteiger partial charge in [0.05, 0.1) is 41.3 Å². The lowest BCUT2D eigenvalue weighted by atomic mass is 9.61. The second-order valence-electron chi connectivity index (χ2n) is 20.1. The Morgan fingerprint density at radius 1 is 0.658 bits per heavy atom. The highest BCUT2D eigenvalue weighted by Gasteiger charge is 2.61. The summed E-state index contributed by atoms with van der Waals surface area (Å²) in [5.74, 6) is -8.71. The highest BCUT2D eigenvalue weighted by atomic mass is 16.5. The predicted octanol–water partition coefficient (Wildman–Crippen LogP) is 4.91. The number of amides is 2. The summed E-state index contributed by atoms with van der Waals surface area (Å²) in [4.78, 5) is 74.8. The number of phenols is 2. The summed E-state index contributed by atoms with van der Waals surface area (Å²) in [6, 6.07) is 6.74. The largest absolute Gasteiger partial charge is 0.507 e. The van der Waals surface area contributed by atoms with E-state index in [1.54, 1.807) is 31.1 Å². The Kier molecular flexibility index (Phi) is 13.7. The lowest BCUT2D eigenvalue weighted by molar-refractivity contribution is -0.145. The Bertz CT molecular complexity index is 3040. The number of unbranched alkanes of at least 4 members (excludes halogenated alkanes) is 3. The number of allylic oxidation sites excluding steroid dienone is 1. The Hall–Kier alpha value is -7.67. The number of rotatable bonds is 17. The van der Waals surface area contributed by atoms with Gasteiger partial charge in [0.15, 0.2) is 17.3 Å². The van der Waals surface area contributed by atoms with Crippen molar-refractivity contribution in [3.05, 3.63) is 97.0 Å². The van der Waals surface area contributed by atoms with Gasteiger partial charge < -0.3 is 71.2 Å². The van der Waals surface area contributed by atoms with Crippen LogP contribution in [-0.4, -0.2) is 139 Å². The molecule has 0 heterocycles. The van der Waals surface area contributed by atoms with E-state index >= 15 is 0 Å². The van der Waals surface area contributed by atoms with Crippen LogP contribution in [0.3, 0.4) is 0 Å². The van der Waals surface area contributed by atoms with E-state index < -0.39 is 75.2 Å². The second-order valence-corrected chi connectivity index (χ2v) is 20.1. The number of likely N-dealkylation sites (N-methyl/N-ethyl adjacent to an activating group) is 1. The Morgan fingerprint density at radius 3 is 1.89 bits per heavy atom. The quantitative estimate of drug-likeness (QED) is 0.0506. The van der Waals surface area contributed by atoms with Crippen LogP contribution in [-0.2, 0) is 33.6 Å². The summed E-state index contributed by atoms with van der Waals surface area (Å²) >= 11 is 0. The Labute approximate surface area is 422 Å². The maximum absolute atomic E-state index is 14.4. The van der Waals surface area contributed by atoms with E-state index in [9.17, 15) is 54.6 Å². The van der Waals surface area contributed by atoms with E-state index in [4.69, 9.17) is 20.9 Å². The van der Waals surface area contributed by atoms with Crippen LogP contribution in [0.4, 0.5) is 17.1 Å². The van der Waals surface area contributed by atoms with Crippen molar-refractivity contribution in [3.8, 4) is 23.0 Å². The van der Waals surface area contributed by atoms with Crippen LogP contribution in [0.25, 0.3) is 11.5 Å². The van der Waals surface area contributed by atoms with Crippen LogP contribution in [0.2, 0.25) is 0 Å². The van der Waals surface area contributed by atoms with Crippen molar-refractivity contribution < 1.29 is 64.1 Å². The minimum Gasteiger partial charge on any atom is -0.507 e. The fourth-order valence-corrected chi connectivity index (χ4v) is 11.5. The zero-order valence-electron chi connectivity index (χ0n) is 42.4. The van der Waals surface area contributed by atoms with E-state index in [0.29, 0.717) is 54.6 Å². The van der Waals surface area contributed by atoms with Crippen molar-refractivity contribution in [1.29, 1.82) is 0 Å². The second kappa shape index (κ2) is 19.4. The number of aromatic hydroxyl groups is 2. The third-order valence-electron chi connectivity index (χ3n) is 14.8. The average Bonchev–Trinajstić information content (AvgIpc) is 3.30. The third kappa shape index (κ3) is 8.22. The van der Waals surface area contributed by atoms with Crippen LogP contribution in [0.1, 0.15) is 94.0 Å². The fourth-order valence-electron chi connectivity index (χ4n) is 11.5. The highest BCUT2D eigenvalue weighted by molar-refractivity contribution is 6.35. The zero-order valence-corrected chi connectivity index (χ0v) is 42.4. The first-order valence-corrected chi connectivity index (χ1v) is 24.4. The van der Waals surface area contributed by atoms with Crippen molar-refractivity contribution in [2.75, 3.05) is 83.8 Å². The van der Waals surface area contributed by atoms with Crippen LogP contribution in [0.5, 0.6) is 23.0 Å². The number of carbonyl (C=O) groups is 5. The fraction of sp³-hybridized carbons (Fsp3) is 0.426. The number of aliphatic hydroxyl groups is 4. The number of primary amides is 2. The number of benzene rings is 3. The molecule has 10 N–H and O–H groups in total. The number of nitrogens with two attached hydrogens (primary N) is 2. The first-order chi connectivity index (χ1) is 34.5. The number of nitrogens with zero attached hydrogens (tertiary/aromatic N) is 4. The summed E-state index contributed by atoms with van der Waals surface area (Å²) < 4.78 is 12.4. The van der Waals surface area contributed by atoms with Gasteiger partial charge in [0, 0.05) is 84.0 Å². The molecule has 3 unspecified atom stereocenters. The predicted molar refractivity (Wildman–Crippen MR) is 274 cm³/mol. The molecular formula is C54H64N6O13. The lowest BCUT2D eigenvalue weighted by Crippen LogP contribution is -2.58. The number of aliphatic hydroxyl groups excluding tert-OH is 3. The normalized spacial score (nSPS) is 19.9. The molecule has 5 aliphatic rings. The number of ether oxygens (including phenoxy) is 2. The van der Waals surface area contributed by atoms with Gasteiger partial charge in [-0.3, -0.25) is 24.0 Å². The van der Waals surface area contributed by atoms with Crippen LogP contribution < -0.4 is 35.6 Å². The molecule has 1 fully saturated rings. The molecule has 19 heteroatoms. The highest BCUT2D eigenvalue weighted by Crippen LogP contribution is 2.55. The minimum atomic E-state index is -2.89. The summed E-state index contributed by atoms with van der Waals surface area (Å²) in [5, 5.41) is 69.7. The third-order valence-corrected chi connectivity index (χ3v) is 14.8. The van der Waals surface area contributed by atoms with Crippen molar-refractivity contribution in [2.24, 2.45) is 23.3 Å². The maximum Gasteiger partial charge on any atom is 0.256 e. The van der Waals surface area contributed by atoms with E-state index in [0.717, 1.165) is 17.8 Å². The van der Waals surface area contributed by atoms with Gasteiger partial charge in [0.25, 0.3) is 11.8 Å². The Morgan fingerprint density at radius 2 is 1.27 bits per heavy atom. The average molecular weight is 1010 g/mol. The standard InChI is InChI=1S/C54H64N6O13/c1-9-10-19-73-49-40(52(55)69)47(65)39-29(42(49)58(4)5)23-25-21-28-32(14-16-33(61)37(28)44(62)35(25)45(39)63)60(8)18-12-11-13-20-72-34-17-15-31(57(2)3)27-22-26-24-30-43(59(6)7)48(66)41(53(56)70)51(68)54(30,71)50(67)36(26)46(64)38(27)34/h14-17,25-26,61,63-66,71H,9-13,18-24H2,1-8H3,(H2,55,69)(H2,56,70). The van der Waals surface area contributed by atoms with Gasteiger partial charge in [0.2, 0.25) is 17.2 Å². The molecule has 0 radical (unpaired) electrons. The molecule has 2 amide bonds. The molecule has 3 aromatic rings. The summed E-state index contributed by atoms with van der Waals surface area (Å²) in [6.07, 6.45) is 4.01. The molecule has 73 heavy (non-hydrogen) atoms. The zero-order chi connectivity index (χ0) is 53.3. The molecule has 1 saturated carbocycles. The van der Waals surface area contributed by atoms with Crippen molar-refractivity contribution >= 4 is 57.7 Å². The van der Waals surface area contributed by atoms with Crippen molar-refractivity contribution in [2.45, 2.75) is 70.3 Å². The smallest absolute Gasteiger partial charge is 0.256 e. The molecule has 0 aliphatic heterocycles. The number of hydrogen-bond donors (Lipinski definition) is 8. The van der Waals surface area contributed by atoms with Crippen LogP contribution in [0.15, 0.2) is 58.0 Å². The van der Waals surface area contributed by atoms with Crippen molar-refractivity contribution in [3.63, 3.8) is 0 Å². The topological polar surface area (TPSA) is 290 Å². The Balaban J connectivity index is 1.00. The first kappa shape index (κ1) is 51.7. The molecule has 8 rings (SSSR count). The lowest BCUT2D eigenvalue weighted by Gasteiger charge is -2.44. The molecule has 0 aromatic heterocycles. The van der Waals surface area contributed by atoms with Gasteiger partial charge in [-0.1, -0.05) is 13.3 Å². The van der Waals surface area contributed by atoms with Crippen molar-refractivity contribution in [1.82, 2.24) is 4.90 Å². The van der Waals surface area contributed by atoms with Crippen LogP contribution >= 0.6 is 0 Å². The van der Waals surface area contributed by atoms with Gasteiger partial charge >= 0.3 is 0 Å². The molecule has 5 aliphatic carbocycles. The maximum atomic E-state index is 14.4. The molecule has 19 nitrogen and oxygen atoms in total. The number of Topliss-reactive ketones (excluding diaryl/α,β-unsaturated/α-hetero) is 3. The molecule has 0 saturated heterocycles. The summed E-state index contributed by atoms with van der Waals surface area (Å²) in [7, 11) is 12.1. The molecular weight excluding hydrogens is 941 g/mol. The molecule has 3 atom stereocenters. The van der Waals surface area contributed by atoms with Gasteiger partial charge in [-0.15, -0.1) is 0 Å². The van der Waals surface area contributed by atoms with Gasteiger partial charge in [0.1, 0.15) is 39.9 Å². The molecule has 3 aromatic carbocycles. The number of anilines is 3. The van der Waals surface area contributed by atoms with Gasteiger partial charge in [-0.05, 0) is 104 Å². The van der Waals surface area contributed by atoms with Crippen LogP contribution in [0, 0.1) is 11.8 Å². The monoisotopic (exact) mass is 1000 g/mol. The number of phenolic OH excluding ortho intramolecular Hbond substituents is 1. The molecule has 0 bridgehead atoms. The number of fused-ring (bicyclic) bond motifs is 6. The van der Waals surface area contributed by atoms with Gasteiger partial charge in [-0.25, -0.2) is 0 Å². The minimum absolute atomic E-state index is 0.0244.